The lowest BCUT2D eigenvalue weighted by Gasteiger charge is -2.22. The Morgan fingerprint density at radius 1 is 0.968 bits per heavy atom. The van der Waals surface area contributed by atoms with E-state index in [2.05, 4.69) is 9.97 Å². The summed E-state index contributed by atoms with van der Waals surface area (Å²) in [6, 6.07) is 15.3. The highest BCUT2D eigenvalue weighted by molar-refractivity contribution is 5.94. The summed E-state index contributed by atoms with van der Waals surface area (Å²) in [5, 5.41) is 0. The summed E-state index contributed by atoms with van der Waals surface area (Å²) in [5.41, 5.74) is 0.566. The highest BCUT2D eigenvalue weighted by atomic mass is 19.1. The van der Waals surface area contributed by atoms with Crippen LogP contribution < -0.4 is 9.47 Å². The summed E-state index contributed by atoms with van der Waals surface area (Å²) in [4.78, 5) is 23.1. The van der Waals surface area contributed by atoms with Gasteiger partial charge in [-0.3, -0.25) is 4.79 Å². The number of benzene rings is 2. The first-order valence-electron chi connectivity index (χ1n) is 10.4. The monoisotopic (exact) mass is 419 g/mol. The maximum absolute atomic E-state index is 13.5. The SMILES string of the molecule is O=C(c1cccc(Oc2ncccn2)c1)N1C[C@@H]2CC[C@H](Oc3cccc(F)c3)[C@@H]2C1. The molecule has 1 aliphatic carbocycles. The van der Waals surface area contributed by atoms with E-state index in [1.165, 1.54) is 12.1 Å². The zero-order valence-electron chi connectivity index (χ0n) is 16.9. The van der Waals surface area contributed by atoms with Crippen molar-refractivity contribution in [2.24, 2.45) is 11.8 Å². The molecule has 1 aromatic heterocycles. The van der Waals surface area contributed by atoms with Gasteiger partial charge < -0.3 is 14.4 Å². The van der Waals surface area contributed by atoms with Crippen LogP contribution in [0.3, 0.4) is 0 Å². The van der Waals surface area contributed by atoms with Crippen LogP contribution in [0.4, 0.5) is 4.39 Å². The summed E-state index contributed by atoms with van der Waals surface area (Å²) < 4.78 is 25.2. The van der Waals surface area contributed by atoms with Gasteiger partial charge in [0.05, 0.1) is 0 Å². The summed E-state index contributed by atoms with van der Waals surface area (Å²) in [5.74, 6) is 1.38. The van der Waals surface area contributed by atoms with Crippen LogP contribution in [-0.4, -0.2) is 40.0 Å². The number of halogens is 1. The molecule has 1 saturated heterocycles. The number of hydrogen-bond donors (Lipinski definition) is 0. The van der Waals surface area contributed by atoms with Gasteiger partial charge in [0.2, 0.25) is 0 Å². The van der Waals surface area contributed by atoms with Crippen molar-refractivity contribution in [3.8, 4) is 17.5 Å². The molecule has 158 valence electrons. The van der Waals surface area contributed by atoms with Gasteiger partial charge >= 0.3 is 6.01 Å². The topological polar surface area (TPSA) is 64.5 Å². The number of nitrogens with zero attached hydrogens (tertiary/aromatic N) is 3. The van der Waals surface area contributed by atoms with E-state index >= 15 is 0 Å². The molecule has 5 rings (SSSR count). The summed E-state index contributed by atoms with van der Waals surface area (Å²) >= 11 is 0. The van der Waals surface area contributed by atoms with E-state index < -0.39 is 0 Å². The fourth-order valence-corrected chi connectivity index (χ4v) is 4.56. The number of hydrogen-bond acceptors (Lipinski definition) is 5. The summed E-state index contributed by atoms with van der Waals surface area (Å²) in [7, 11) is 0. The lowest BCUT2D eigenvalue weighted by Crippen LogP contribution is -2.32. The number of carbonyl (C=O) groups excluding carboxylic acids is 1. The predicted octanol–water partition coefficient (Wildman–Crippen LogP) is 4.34. The standard InChI is InChI=1S/C24H22FN3O3/c25-18-5-2-7-20(13-18)30-22-9-8-17-14-28(15-21(17)22)23(29)16-4-1-6-19(12-16)31-24-26-10-3-11-27-24/h1-7,10-13,17,21-22H,8-9,14-15H2/t17-,21+,22-/m0/s1. The molecule has 3 atom stereocenters. The van der Waals surface area contributed by atoms with Gasteiger partial charge in [-0.15, -0.1) is 0 Å². The molecule has 7 heteroatoms. The molecule has 0 unspecified atom stereocenters. The highest BCUT2D eigenvalue weighted by Crippen LogP contribution is 2.40. The van der Waals surface area contributed by atoms with Crippen LogP contribution in [0, 0.1) is 17.7 Å². The Hall–Kier alpha value is -3.48. The van der Waals surface area contributed by atoms with Crippen LogP contribution in [0.5, 0.6) is 17.5 Å². The van der Waals surface area contributed by atoms with E-state index in [0.717, 1.165) is 12.8 Å². The first kappa shape index (κ1) is 19.5. The second-order valence-corrected chi connectivity index (χ2v) is 7.99. The van der Waals surface area contributed by atoms with Crippen molar-refractivity contribution in [1.82, 2.24) is 14.9 Å². The number of carbonyl (C=O) groups is 1. The highest BCUT2D eigenvalue weighted by Gasteiger charge is 2.45. The molecule has 1 saturated carbocycles. The molecular weight excluding hydrogens is 397 g/mol. The Balaban J connectivity index is 1.26. The number of likely N-dealkylation sites (tertiary alicyclic amines) is 1. The minimum atomic E-state index is -0.307. The maximum atomic E-state index is 13.5. The van der Waals surface area contributed by atoms with Gasteiger partial charge in [-0.25, -0.2) is 14.4 Å². The van der Waals surface area contributed by atoms with E-state index in [1.807, 2.05) is 4.90 Å². The smallest absolute Gasteiger partial charge is 0.321 e. The van der Waals surface area contributed by atoms with Crippen LogP contribution in [0.1, 0.15) is 23.2 Å². The van der Waals surface area contributed by atoms with E-state index in [1.54, 1.807) is 54.9 Å². The third-order valence-corrected chi connectivity index (χ3v) is 5.99. The van der Waals surface area contributed by atoms with Gasteiger partial charge in [0.1, 0.15) is 23.4 Å². The molecule has 0 bridgehead atoms. The van der Waals surface area contributed by atoms with Gasteiger partial charge in [0, 0.05) is 43.0 Å². The van der Waals surface area contributed by atoms with Gasteiger partial charge in [-0.1, -0.05) is 12.1 Å². The molecule has 1 aliphatic heterocycles. The molecule has 2 aromatic carbocycles. The molecule has 2 aliphatic rings. The number of aromatic nitrogens is 2. The van der Waals surface area contributed by atoms with Gasteiger partial charge in [-0.05, 0) is 55.2 Å². The fraction of sp³-hybridized carbons (Fsp3) is 0.292. The van der Waals surface area contributed by atoms with Crippen molar-refractivity contribution < 1.29 is 18.7 Å². The number of fused-ring (bicyclic) bond motifs is 1. The molecule has 0 spiro atoms. The quantitative estimate of drug-likeness (QED) is 0.616. The van der Waals surface area contributed by atoms with Crippen molar-refractivity contribution in [2.45, 2.75) is 18.9 Å². The maximum Gasteiger partial charge on any atom is 0.321 e. The Kier molecular flexibility index (Phi) is 5.24. The summed E-state index contributed by atoms with van der Waals surface area (Å²) in [6.45, 7) is 1.34. The lowest BCUT2D eigenvalue weighted by molar-refractivity contribution is 0.0762. The fourth-order valence-electron chi connectivity index (χ4n) is 4.56. The number of ether oxygens (including phenoxy) is 2. The molecule has 2 fully saturated rings. The second-order valence-electron chi connectivity index (χ2n) is 7.99. The largest absolute Gasteiger partial charge is 0.490 e. The normalized spacial score (nSPS) is 22.2. The molecule has 31 heavy (non-hydrogen) atoms. The Labute approximate surface area is 179 Å². The summed E-state index contributed by atoms with van der Waals surface area (Å²) in [6.07, 6.45) is 5.12. The third kappa shape index (κ3) is 4.21. The first-order chi connectivity index (χ1) is 15.2. The van der Waals surface area contributed by atoms with Crippen molar-refractivity contribution in [3.63, 3.8) is 0 Å². The van der Waals surface area contributed by atoms with E-state index in [4.69, 9.17) is 9.47 Å². The van der Waals surface area contributed by atoms with Gasteiger partial charge in [0.25, 0.3) is 5.91 Å². The Bertz CT molecular complexity index is 1080. The van der Waals surface area contributed by atoms with E-state index in [9.17, 15) is 9.18 Å². The average molecular weight is 419 g/mol. The number of rotatable bonds is 5. The predicted molar refractivity (Wildman–Crippen MR) is 111 cm³/mol. The second kappa shape index (κ2) is 8.34. The first-order valence-corrected chi connectivity index (χ1v) is 10.4. The van der Waals surface area contributed by atoms with Crippen LogP contribution in [0.15, 0.2) is 67.0 Å². The average Bonchev–Trinajstić information content (AvgIpc) is 3.36. The van der Waals surface area contributed by atoms with Gasteiger partial charge in [0.15, 0.2) is 0 Å². The lowest BCUT2D eigenvalue weighted by atomic mass is 9.99. The molecule has 0 N–H and O–H groups in total. The van der Waals surface area contributed by atoms with Crippen molar-refractivity contribution in [2.75, 3.05) is 13.1 Å². The van der Waals surface area contributed by atoms with Crippen LogP contribution >= 0.6 is 0 Å². The molecule has 1 amide bonds. The molecule has 6 nitrogen and oxygen atoms in total. The minimum absolute atomic E-state index is 0.00510. The zero-order chi connectivity index (χ0) is 21.2. The Morgan fingerprint density at radius 3 is 2.61 bits per heavy atom. The van der Waals surface area contributed by atoms with Crippen LogP contribution in [0.2, 0.25) is 0 Å². The molecule has 2 heterocycles. The molecule has 0 radical (unpaired) electrons. The van der Waals surface area contributed by atoms with Crippen molar-refractivity contribution in [1.29, 1.82) is 0 Å². The van der Waals surface area contributed by atoms with E-state index in [-0.39, 0.29) is 29.8 Å². The van der Waals surface area contributed by atoms with Crippen LogP contribution in [0.25, 0.3) is 0 Å². The molecule has 3 aromatic rings. The third-order valence-electron chi connectivity index (χ3n) is 5.99. The zero-order valence-corrected chi connectivity index (χ0v) is 16.9. The van der Waals surface area contributed by atoms with Crippen molar-refractivity contribution >= 4 is 5.91 Å². The molecular formula is C24H22FN3O3. The van der Waals surface area contributed by atoms with Crippen molar-refractivity contribution in [3.05, 3.63) is 78.4 Å². The van der Waals surface area contributed by atoms with E-state index in [0.29, 0.717) is 36.1 Å². The number of amides is 1. The minimum Gasteiger partial charge on any atom is -0.490 e. The van der Waals surface area contributed by atoms with Crippen LogP contribution in [-0.2, 0) is 0 Å². The Morgan fingerprint density at radius 2 is 1.77 bits per heavy atom. The van der Waals surface area contributed by atoms with Gasteiger partial charge in [-0.2, -0.15) is 0 Å².